The molecule has 0 aliphatic heterocycles. The number of ether oxygens (including phenoxy) is 3. The zero-order valence-electron chi connectivity index (χ0n) is 21.5. The van der Waals surface area contributed by atoms with Gasteiger partial charge in [0, 0.05) is 5.56 Å². The van der Waals surface area contributed by atoms with Crippen LogP contribution in [0.25, 0.3) is 22.3 Å². The molecule has 0 fully saturated rings. The second-order valence-corrected chi connectivity index (χ2v) is 9.92. The second kappa shape index (κ2) is 12.1. The fourth-order valence-electron chi connectivity index (χ4n) is 3.76. The van der Waals surface area contributed by atoms with Gasteiger partial charge in [-0.2, -0.15) is 22.9 Å². The van der Waals surface area contributed by atoms with E-state index in [0.29, 0.717) is 26.1 Å². The summed E-state index contributed by atoms with van der Waals surface area (Å²) in [5.74, 6) is 0.0167. The van der Waals surface area contributed by atoms with Crippen molar-refractivity contribution < 1.29 is 32.2 Å². The van der Waals surface area contributed by atoms with E-state index in [9.17, 15) is 22.8 Å². The summed E-state index contributed by atoms with van der Waals surface area (Å²) in [4.78, 5) is 29.8. The first-order valence-electron chi connectivity index (χ1n) is 11.9. The van der Waals surface area contributed by atoms with Crippen LogP contribution < -0.4 is 15.0 Å². The minimum absolute atomic E-state index is 0.0590. The van der Waals surface area contributed by atoms with Gasteiger partial charge in [0.15, 0.2) is 23.9 Å². The van der Waals surface area contributed by atoms with Crippen molar-refractivity contribution in [2.75, 3.05) is 13.7 Å². The summed E-state index contributed by atoms with van der Waals surface area (Å²) in [6.07, 6.45) is -3.51. The quantitative estimate of drug-likeness (QED) is 0.132. The van der Waals surface area contributed by atoms with Crippen molar-refractivity contribution in [3.05, 3.63) is 85.7 Å². The van der Waals surface area contributed by atoms with Crippen LogP contribution in [0, 0.1) is 3.57 Å². The van der Waals surface area contributed by atoms with Gasteiger partial charge in [0.1, 0.15) is 0 Å². The van der Waals surface area contributed by atoms with Crippen molar-refractivity contribution in [3.63, 3.8) is 0 Å². The second-order valence-electron chi connectivity index (χ2n) is 8.75. The molecule has 0 spiro atoms. The van der Waals surface area contributed by atoms with Crippen molar-refractivity contribution in [2.24, 2.45) is 5.10 Å². The SMILES string of the molecule is COc1cc(C=Nn2c(-c3cccc(C(F)(F)F)c3)nc3ccccc3c2=O)cc(I)c1OCC(=O)OC(C)C. The first-order chi connectivity index (χ1) is 19.0. The maximum Gasteiger partial charge on any atom is 0.416 e. The molecule has 0 radical (unpaired) electrons. The molecule has 12 heteroatoms. The van der Waals surface area contributed by atoms with E-state index >= 15 is 0 Å². The third kappa shape index (κ3) is 6.61. The van der Waals surface area contributed by atoms with Gasteiger partial charge in [0.05, 0.1) is 39.5 Å². The van der Waals surface area contributed by atoms with Crippen LogP contribution in [0.2, 0.25) is 0 Å². The molecule has 0 saturated carbocycles. The van der Waals surface area contributed by atoms with Crippen molar-refractivity contribution in [1.29, 1.82) is 0 Å². The average Bonchev–Trinajstić information content (AvgIpc) is 2.90. The fourth-order valence-corrected chi connectivity index (χ4v) is 4.54. The highest BCUT2D eigenvalue weighted by molar-refractivity contribution is 14.1. The summed E-state index contributed by atoms with van der Waals surface area (Å²) < 4.78 is 57.9. The maximum absolute atomic E-state index is 13.4. The normalized spacial score (nSPS) is 11.8. The number of carbonyl (C=O) groups is 1. The molecule has 0 unspecified atom stereocenters. The molecule has 0 bridgehead atoms. The van der Waals surface area contributed by atoms with Crippen LogP contribution in [0.15, 0.2) is 70.6 Å². The van der Waals surface area contributed by atoms with Crippen molar-refractivity contribution in [2.45, 2.75) is 26.1 Å². The van der Waals surface area contributed by atoms with E-state index in [2.05, 4.69) is 10.1 Å². The smallest absolute Gasteiger partial charge is 0.416 e. The maximum atomic E-state index is 13.4. The van der Waals surface area contributed by atoms with Gasteiger partial charge < -0.3 is 14.2 Å². The number of alkyl halides is 3. The zero-order chi connectivity index (χ0) is 29.0. The molecule has 8 nitrogen and oxygen atoms in total. The number of esters is 1. The monoisotopic (exact) mass is 665 g/mol. The van der Waals surface area contributed by atoms with E-state index in [4.69, 9.17) is 14.2 Å². The number of aromatic nitrogens is 2. The number of fused-ring (bicyclic) bond motifs is 1. The Labute approximate surface area is 240 Å². The minimum atomic E-state index is -4.58. The Morgan fingerprint density at radius 2 is 1.88 bits per heavy atom. The number of carbonyl (C=O) groups excluding carboxylic acids is 1. The van der Waals surface area contributed by atoms with E-state index in [0.717, 1.165) is 16.8 Å². The van der Waals surface area contributed by atoms with Crippen LogP contribution in [-0.2, 0) is 15.7 Å². The van der Waals surface area contributed by atoms with Gasteiger partial charge >= 0.3 is 12.1 Å². The highest BCUT2D eigenvalue weighted by atomic mass is 127. The number of hydrogen-bond donors (Lipinski definition) is 0. The summed E-state index contributed by atoms with van der Waals surface area (Å²) in [5.41, 5.74) is -0.554. The molecule has 208 valence electrons. The highest BCUT2D eigenvalue weighted by Gasteiger charge is 2.31. The number of nitrogens with zero attached hydrogens (tertiary/aromatic N) is 3. The van der Waals surface area contributed by atoms with Crippen molar-refractivity contribution in [3.8, 4) is 22.9 Å². The predicted octanol–water partition coefficient (Wildman–Crippen LogP) is 5.91. The van der Waals surface area contributed by atoms with Crippen LogP contribution in [-0.4, -0.2) is 41.7 Å². The van der Waals surface area contributed by atoms with Crippen LogP contribution in [0.4, 0.5) is 13.2 Å². The minimum Gasteiger partial charge on any atom is -0.493 e. The lowest BCUT2D eigenvalue weighted by Gasteiger charge is -2.14. The molecule has 0 aliphatic carbocycles. The number of hydrogen-bond acceptors (Lipinski definition) is 7. The molecule has 4 aromatic rings. The molecule has 1 heterocycles. The molecular weight excluding hydrogens is 642 g/mol. The Balaban J connectivity index is 1.77. The van der Waals surface area contributed by atoms with E-state index in [1.807, 2.05) is 22.6 Å². The number of halogens is 4. The summed E-state index contributed by atoms with van der Waals surface area (Å²) in [6.45, 7) is 3.13. The van der Waals surface area contributed by atoms with Gasteiger partial charge in [-0.15, -0.1) is 0 Å². The zero-order valence-corrected chi connectivity index (χ0v) is 23.7. The molecule has 0 atom stereocenters. The van der Waals surface area contributed by atoms with Gasteiger partial charge in [-0.3, -0.25) is 4.79 Å². The Morgan fingerprint density at radius 1 is 1.12 bits per heavy atom. The van der Waals surface area contributed by atoms with E-state index in [1.165, 1.54) is 25.5 Å². The Kier molecular flexibility index (Phi) is 8.76. The van der Waals surface area contributed by atoms with Crippen LogP contribution in [0.1, 0.15) is 25.0 Å². The lowest BCUT2D eigenvalue weighted by molar-refractivity contribution is -0.149. The molecule has 3 aromatic carbocycles. The number of para-hydroxylation sites is 1. The molecule has 0 saturated heterocycles. The Hall–Kier alpha value is -3.94. The lowest BCUT2D eigenvalue weighted by Crippen LogP contribution is -2.20. The van der Waals surface area contributed by atoms with Crippen LogP contribution in [0.3, 0.4) is 0 Å². The summed E-state index contributed by atoms with van der Waals surface area (Å²) in [7, 11) is 1.43. The first-order valence-corrected chi connectivity index (χ1v) is 13.0. The van der Waals surface area contributed by atoms with Gasteiger partial charge in [0.25, 0.3) is 5.56 Å². The van der Waals surface area contributed by atoms with Crippen molar-refractivity contribution in [1.82, 2.24) is 9.66 Å². The lowest BCUT2D eigenvalue weighted by atomic mass is 10.1. The highest BCUT2D eigenvalue weighted by Crippen LogP contribution is 2.34. The fraction of sp³-hybridized carbons (Fsp3) is 0.214. The Morgan fingerprint density at radius 3 is 2.58 bits per heavy atom. The molecule has 1 aromatic heterocycles. The van der Waals surface area contributed by atoms with E-state index in [1.54, 1.807) is 50.2 Å². The molecule has 0 amide bonds. The number of methoxy groups -OCH3 is 1. The molecule has 40 heavy (non-hydrogen) atoms. The molecule has 0 aliphatic rings. The Bertz CT molecular complexity index is 1650. The van der Waals surface area contributed by atoms with E-state index in [-0.39, 0.29) is 29.5 Å². The van der Waals surface area contributed by atoms with Gasteiger partial charge in [0.2, 0.25) is 0 Å². The topological polar surface area (TPSA) is 92.0 Å². The van der Waals surface area contributed by atoms with Crippen LogP contribution >= 0.6 is 22.6 Å². The molecule has 4 rings (SSSR count). The third-order valence-electron chi connectivity index (χ3n) is 5.48. The summed E-state index contributed by atoms with van der Waals surface area (Å²) in [5, 5.41) is 4.56. The van der Waals surface area contributed by atoms with E-state index < -0.39 is 23.3 Å². The van der Waals surface area contributed by atoms with Gasteiger partial charge in [-0.05, 0) is 78.4 Å². The van der Waals surface area contributed by atoms with Crippen molar-refractivity contribution >= 4 is 45.7 Å². The summed E-state index contributed by atoms with van der Waals surface area (Å²) in [6, 6.07) is 14.3. The largest absolute Gasteiger partial charge is 0.493 e. The average molecular weight is 665 g/mol. The first kappa shape index (κ1) is 29.1. The predicted molar refractivity (Wildman–Crippen MR) is 152 cm³/mol. The number of benzene rings is 3. The molecular formula is C28H23F3IN3O5. The van der Waals surface area contributed by atoms with Gasteiger partial charge in [-0.1, -0.05) is 24.3 Å². The standard InChI is InChI=1S/C28H23F3IN3O5/c1-16(2)40-24(36)15-39-25-21(32)11-17(12-23(25)38-3)14-33-35-26(18-7-6-8-19(13-18)28(29,30)31)34-22-10-5-4-9-20(22)27(35)37/h4-14,16H,15H2,1-3H3. The summed E-state index contributed by atoms with van der Waals surface area (Å²) >= 11 is 2.00. The third-order valence-corrected chi connectivity index (χ3v) is 6.28. The van der Waals surface area contributed by atoms with Gasteiger partial charge in [-0.25, -0.2) is 9.78 Å². The van der Waals surface area contributed by atoms with Crippen LogP contribution in [0.5, 0.6) is 11.5 Å². The number of rotatable bonds is 8. The molecule has 0 N–H and O–H groups in total.